The lowest BCUT2D eigenvalue weighted by Crippen LogP contribution is -2.02. The largest absolute Gasteiger partial charge is 0.508 e. The minimum Gasteiger partial charge on any atom is -0.508 e. The highest BCUT2D eigenvalue weighted by atomic mass is 16.7. The van der Waals surface area contributed by atoms with Crippen molar-refractivity contribution in [3.05, 3.63) is 46.8 Å². The molecule has 102 valence electrons. The lowest BCUT2D eigenvalue weighted by atomic mass is 10.1. The van der Waals surface area contributed by atoms with Gasteiger partial charge in [0.15, 0.2) is 6.79 Å². The van der Waals surface area contributed by atoms with Crippen LogP contribution in [0.5, 0.6) is 11.5 Å². The van der Waals surface area contributed by atoms with Crippen LogP contribution in [0.25, 0.3) is 21.7 Å². The van der Waals surface area contributed by atoms with Crippen LogP contribution in [0.15, 0.2) is 45.6 Å². The van der Waals surface area contributed by atoms with Crippen LogP contribution in [-0.4, -0.2) is 19.0 Å². The van der Waals surface area contributed by atoms with Crippen molar-refractivity contribution in [2.24, 2.45) is 0 Å². The third kappa shape index (κ3) is 2.08. The zero-order valence-electron chi connectivity index (χ0n) is 10.8. The van der Waals surface area contributed by atoms with E-state index in [0.717, 1.165) is 10.8 Å². The first-order valence-corrected chi connectivity index (χ1v) is 6.00. The van der Waals surface area contributed by atoms with Crippen LogP contribution >= 0.6 is 0 Å². The smallest absolute Gasteiger partial charge is 0.344 e. The van der Waals surface area contributed by atoms with Gasteiger partial charge in [-0.05, 0) is 30.3 Å². The van der Waals surface area contributed by atoms with Crippen molar-refractivity contribution in [1.29, 1.82) is 0 Å². The van der Waals surface area contributed by atoms with E-state index in [2.05, 4.69) is 0 Å². The molecule has 1 aromatic heterocycles. The van der Waals surface area contributed by atoms with E-state index in [4.69, 9.17) is 13.9 Å². The maximum Gasteiger partial charge on any atom is 0.344 e. The fourth-order valence-corrected chi connectivity index (χ4v) is 2.12. The van der Waals surface area contributed by atoms with Crippen molar-refractivity contribution in [2.75, 3.05) is 13.9 Å². The predicted molar refractivity (Wildman–Crippen MR) is 74.2 cm³/mol. The Morgan fingerprint density at radius 3 is 2.70 bits per heavy atom. The third-order valence-corrected chi connectivity index (χ3v) is 3.01. The Balaban J connectivity index is 2.26. The fraction of sp³-hybridized carbons (Fsp3) is 0.133. The summed E-state index contributed by atoms with van der Waals surface area (Å²) in [5.41, 5.74) is -0.117. The molecule has 0 fully saturated rings. The number of benzene rings is 2. The van der Waals surface area contributed by atoms with Gasteiger partial charge in [-0.25, -0.2) is 4.79 Å². The van der Waals surface area contributed by atoms with Crippen LogP contribution in [0.4, 0.5) is 0 Å². The summed E-state index contributed by atoms with van der Waals surface area (Å²) in [5, 5.41) is 11.4. The molecule has 0 saturated carbocycles. The van der Waals surface area contributed by atoms with E-state index < -0.39 is 5.63 Å². The fourth-order valence-electron chi connectivity index (χ4n) is 2.12. The molecule has 0 unspecified atom stereocenters. The van der Waals surface area contributed by atoms with Gasteiger partial charge in [-0.2, -0.15) is 0 Å². The summed E-state index contributed by atoms with van der Waals surface area (Å²) < 4.78 is 15.3. The molecule has 3 aromatic rings. The van der Waals surface area contributed by atoms with Crippen molar-refractivity contribution in [1.82, 2.24) is 0 Å². The van der Waals surface area contributed by atoms with Crippen LogP contribution in [-0.2, 0) is 4.74 Å². The topological polar surface area (TPSA) is 68.9 Å². The van der Waals surface area contributed by atoms with E-state index in [-0.39, 0.29) is 12.5 Å². The third-order valence-electron chi connectivity index (χ3n) is 3.01. The first-order chi connectivity index (χ1) is 9.69. The van der Waals surface area contributed by atoms with Gasteiger partial charge < -0.3 is 19.0 Å². The zero-order chi connectivity index (χ0) is 14.1. The summed E-state index contributed by atoms with van der Waals surface area (Å²) in [6, 6.07) is 9.85. The Labute approximate surface area is 114 Å². The van der Waals surface area contributed by atoms with Crippen molar-refractivity contribution in [2.45, 2.75) is 0 Å². The predicted octanol–water partition coefficient (Wildman–Crippen LogP) is 2.63. The summed E-state index contributed by atoms with van der Waals surface area (Å²) in [5.74, 6) is 0.588. The first kappa shape index (κ1) is 12.5. The number of aromatic hydroxyl groups is 1. The van der Waals surface area contributed by atoms with Crippen molar-refractivity contribution in [3.63, 3.8) is 0 Å². The molecule has 1 N–H and O–H groups in total. The molecule has 2 aromatic carbocycles. The van der Waals surface area contributed by atoms with Crippen LogP contribution in [0.2, 0.25) is 0 Å². The van der Waals surface area contributed by atoms with Gasteiger partial charge in [0.2, 0.25) is 0 Å². The van der Waals surface area contributed by atoms with Gasteiger partial charge in [-0.3, -0.25) is 0 Å². The summed E-state index contributed by atoms with van der Waals surface area (Å²) in [6.45, 7) is 0.109. The second-order valence-electron chi connectivity index (χ2n) is 4.33. The molecule has 0 aliphatic carbocycles. The quantitative estimate of drug-likeness (QED) is 0.451. The van der Waals surface area contributed by atoms with Gasteiger partial charge in [0.1, 0.15) is 17.1 Å². The molecule has 0 amide bonds. The molecular formula is C15H12O5. The van der Waals surface area contributed by atoms with Gasteiger partial charge in [0.05, 0.1) is 5.39 Å². The highest BCUT2D eigenvalue weighted by molar-refractivity contribution is 6.04. The standard InChI is InChI=1S/C15H12O5/c1-18-8-19-10-3-5-11-12-4-2-9(16)6-14(12)20-15(17)13(11)7-10/h2-7,16H,8H2,1H3. The lowest BCUT2D eigenvalue weighted by Gasteiger charge is -2.07. The number of rotatable bonds is 3. The van der Waals surface area contributed by atoms with Crippen LogP contribution in [0.1, 0.15) is 0 Å². The Morgan fingerprint density at radius 1 is 1.10 bits per heavy atom. The Bertz CT molecular complexity index is 835. The molecule has 0 saturated heterocycles. The van der Waals surface area contributed by atoms with Gasteiger partial charge in [0, 0.05) is 23.9 Å². The average Bonchev–Trinajstić information content (AvgIpc) is 2.45. The molecule has 5 heteroatoms. The van der Waals surface area contributed by atoms with E-state index in [1.54, 1.807) is 30.3 Å². The van der Waals surface area contributed by atoms with E-state index in [1.807, 2.05) is 0 Å². The van der Waals surface area contributed by atoms with Crippen LogP contribution < -0.4 is 10.4 Å². The van der Waals surface area contributed by atoms with E-state index in [1.165, 1.54) is 13.2 Å². The van der Waals surface area contributed by atoms with Crippen molar-refractivity contribution < 1.29 is 19.0 Å². The molecule has 0 bridgehead atoms. The molecule has 0 radical (unpaired) electrons. The number of methoxy groups -OCH3 is 1. The minimum absolute atomic E-state index is 0.0556. The monoisotopic (exact) mass is 272 g/mol. The second kappa shape index (κ2) is 4.86. The second-order valence-corrected chi connectivity index (χ2v) is 4.33. The number of phenols is 1. The minimum atomic E-state index is -0.471. The van der Waals surface area contributed by atoms with Crippen LogP contribution in [0, 0.1) is 0 Å². The number of ether oxygens (including phenoxy) is 2. The normalized spacial score (nSPS) is 11.1. The average molecular weight is 272 g/mol. The van der Waals surface area contributed by atoms with Crippen LogP contribution in [0.3, 0.4) is 0 Å². The molecule has 5 nitrogen and oxygen atoms in total. The summed E-state index contributed by atoms with van der Waals surface area (Å²) in [7, 11) is 1.52. The van der Waals surface area contributed by atoms with Crippen molar-refractivity contribution >= 4 is 21.7 Å². The van der Waals surface area contributed by atoms with E-state index in [9.17, 15) is 9.90 Å². The Kier molecular flexibility index (Phi) is 3.04. The molecule has 3 rings (SSSR count). The molecule has 0 atom stereocenters. The summed E-state index contributed by atoms with van der Waals surface area (Å²) >= 11 is 0. The van der Waals surface area contributed by atoms with Gasteiger partial charge in [-0.15, -0.1) is 0 Å². The molecule has 0 aliphatic rings. The molecule has 20 heavy (non-hydrogen) atoms. The zero-order valence-corrected chi connectivity index (χ0v) is 10.8. The number of fused-ring (bicyclic) bond motifs is 3. The van der Waals surface area contributed by atoms with Gasteiger partial charge in [-0.1, -0.05) is 0 Å². The first-order valence-electron chi connectivity index (χ1n) is 6.00. The molecular weight excluding hydrogens is 260 g/mol. The van der Waals surface area contributed by atoms with Crippen molar-refractivity contribution in [3.8, 4) is 11.5 Å². The maximum atomic E-state index is 12.0. The SMILES string of the molecule is COCOc1ccc2c(c1)c(=O)oc1cc(O)ccc12. The Hall–Kier alpha value is -2.53. The summed E-state index contributed by atoms with van der Waals surface area (Å²) in [6.07, 6.45) is 0. The number of phenolic OH excluding ortho intramolecular Hbond substituents is 1. The maximum absolute atomic E-state index is 12.0. The summed E-state index contributed by atoms with van der Waals surface area (Å²) in [4.78, 5) is 12.0. The highest BCUT2D eigenvalue weighted by Gasteiger charge is 2.09. The lowest BCUT2D eigenvalue weighted by molar-refractivity contribution is 0.0512. The molecule has 1 heterocycles. The van der Waals surface area contributed by atoms with E-state index in [0.29, 0.717) is 16.7 Å². The van der Waals surface area contributed by atoms with E-state index >= 15 is 0 Å². The Morgan fingerprint density at radius 2 is 1.90 bits per heavy atom. The van der Waals surface area contributed by atoms with Gasteiger partial charge in [0.25, 0.3) is 0 Å². The number of hydrogen-bond acceptors (Lipinski definition) is 5. The number of hydrogen-bond donors (Lipinski definition) is 1. The molecule has 0 aliphatic heterocycles. The van der Waals surface area contributed by atoms with Gasteiger partial charge >= 0.3 is 5.63 Å². The molecule has 0 spiro atoms. The highest BCUT2D eigenvalue weighted by Crippen LogP contribution is 2.28.